The number of hydrogen-bond donors (Lipinski definition) is 0. The molecule has 0 aromatic carbocycles. The molecule has 1 aliphatic heterocycles. The fraction of sp³-hybridized carbons (Fsp3) is 1.00. The smallest absolute Gasteiger partial charge is 0.125 e. The third-order valence-corrected chi connectivity index (χ3v) is 2.62. The van der Waals surface area contributed by atoms with Gasteiger partial charge in [-0.15, -0.1) is 0 Å². The van der Waals surface area contributed by atoms with E-state index in [2.05, 4.69) is 11.8 Å². The number of halogens is 1. The Labute approximate surface area is 61.2 Å². The first-order valence-electron chi connectivity index (χ1n) is 4.04. The van der Waals surface area contributed by atoms with Crippen LogP contribution in [0.4, 0.5) is 4.39 Å². The van der Waals surface area contributed by atoms with E-state index < -0.39 is 6.17 Å². The quantitative estimate of drug-likeness (QED) is 0.565. The van der Waals surface area contributed by atoms with Crippen molar-refractivity contribution in [3.05, 3.63) is 0 Å². The molecule has 2 heteroatoms. The van der Waals surface area contributed by atoms with E-state index in [1.165, 1.54) is 12.8 Å². The van der Waals surface area contributed by atoms with E-state index in [0.717, 1.165) is 6.54 Å². The van der Waals surface area contributed by atoms with Crippen molar-refractivity contribution in [1.29, 1.82) is 0 Å². The lowest BCUT2D eigenvalue weighted by molar-refractivity contribution is 0.0501. The van der Waals surface area contributed by atoms with Crippen LogP contribution in [0.15, 0.2) is 0 Å². The van der Waals surface area contributed by atoms with E-state index >= 15 is 0 Å². The molecule has 0 amide bonds. The van der Waals surface area contributed by atoms with Crippen LogP contribution in [0.3, 0.4) is 0 Å². The molecule has 2 fully saturated rings. The van der Waals surface area contributed by atoms with Crippen LogP contribution in [0.2, 0.25) is 0 Å². The van der Waals surface area contributed by atoms with Gasteiger partial charge in [0, 0.05) is 19.6 Å². The highest BCUT2D eigenvalue weighted by molar-refractivity contribution is 4.94. The molecule has 10 heavy (non-hydrogen) atoms. The summed E-state index contributed by atoms with van der Waals surface area (Å²) in [6.07, 6.45) is 2.17. The Morgan fingerprint density at radius 3 is 2.50 bits per heavy atom. The number of rotatable bonds is 2. The van der Waals surface area contributed by atoms with Crippen molar-refractivity contribution < 1.29 is 4.39 Å². The largest absolute Gasteiger partial charge is 0.297 e. The van der Waals surface area contributed by atoms with Gasteiger partial charge < -0.3 is 0 Å². The summed E-state index contributed by atoms with van der Waals surface area (Å²) < 4.78 is 12.3. The van der Waals surface area contributed by atoms with Gasteiger partial charge in [0.25, 0.3) is 0 Å². The van der Waals surface area contributed by atoms with E-state index in [-0.39, 0.29) is 0 Å². The Morgan fingerprint density at radius 1 is 1.50 bits per heavy atom. The second-order valence-corrected chi connectivity index (χ2v) is 4.10. The summed E-state index contributed by atoms with van der Waals surface area (Å²) >= 11 is 0. The zero-order valence-electron chi connectivity index (χ0n) is 6.44. The molecule has 0 atom stereocenters. The molecule has 0 bridgehead atoms. The summed E-state index contributed by atoms with van der Waals surface area (Å²) in [5, 5.41) is 0. The molecule has 0 aromatic heterocycles. The van der Waals surface area contributed by atoms with Crippen LogP contribution < -0.4 is 0 Å². The second-order valence-electron chi connectivity index (χ2n) is 4.10. The highest BCUT2D eigenvalue weighted by Gasteiger charge is 2.41. The Morgan fingerprint density at radius 2 is 2.10 bits per heavy atom. The second kappa shape index (κ2) is 1.94. The van der Waals surface area contributed by atoms with E-state index in [9.17, 15) is 4.39 Å². The van der Waals surface area contributed by atoms with Crippen LogP contribution in [-0.4, -0.2) is 30.7 Å². The van der Waals surface area contributed by atoms with E-state index in [0.29, 0.717) is 18.5 Å². The van der Waals surface area contributed by atoms with E-state index in [1.807, 2.05) is 0 Å². The Hall–Kier alpha value is -0.110. The fourth-order valence-corrected chi connectivity index (χ4v) is 1.55. The van der Waals surface area contributed by atoms with Gasteiger partial charge in [0.1, 0.15) is 6.17 Å². The van der Waals surface area contributed by atoms with Crippen LogP contribution in [0.5, 0.6) is 0 Å². The highest BCUT2D eigenvalue weighted by Crippen LogP contribution is 2.46. The predicted octanol–water partition coefficient (Wildman–Crippen LogP) is 1.44. The maximum absolute atomic E-state index is 12.3. The maximum atomic E-state index is 12.3. The van der Waals surface area contributed by atoms with Crippen molar-refractivity contribution in [3.63, 3.8) is 0 Å². The first kappa shape index (κ1) is 6.59. The number of nitrogens with zero attached hydrogens (tertiary/aromatic N) is 1. The molecule has 0 N–H and O–H groups in total. The molecule has 0 radical (unpaired) electrons. The SMILES string of the molecule is CC1(CN2CC(F)C2)CC1. The molecule has 2 aliphatic rings. The monoisotopic (exact) mass is 143 g/mol. The number of likely N-dealkylation sites (tertiary alicyclic amines) is 1. The third kappa shape index (κ3) is 1.17. The van der Waals surface area contributed by atoms with Crippen molar-refractivity contribution in [2.24, 2.45) is 5.41 Å². The maximum Gasteiger partial charge on any atom is 0.125 e. The Bertz CT molecular complexity index is 136. The molecule has 1 heterocycles. The van der Waals surface area contributed by atoms with Gasteiger partial charge in [-0.2, -0.15) is 0 Å². The van der Waals surface area contributed by atoms with Crippen LogP contribution in [0.1, 0.15) is 19.8 Å². The number of hydrogen-bond acceptors (Lipinski definition) is 1. The zero-order valence-corrected chi connectivity index (χ0v) is 6.44. The molecule has 1 aliphatic carbocycles. The molecule has 0 spiro atoms. The average molecular weight is 143 g/mol. The molecule has 1 saturated carbocycles. The molecule has 1 saturated heterocycles. The molecule has 0 unspecified atom stereocenters. The van der Waals surface area contributed by atoms with Crippen LogP contribution in [0, 0.1) is 5.41 Å². The van der Waals surface area contributed by atoms with Crippen LogP contribution >= 0.6 is 0 Å². The lowest BCUT2D eigenvalue weighted by atomic mass is 10.1. The molecule has 1 nitrogen and oxygen atoms in total. The van der Waals surface area contributed by atoms with Crippen molar-refractivity contribution in [1.82, 2.24) is 4.90 Å². The van der Waals surface area contributed by atoms with Gasteiger partial charge in [-0.3, -0.25) is 4.90 Å². The molecule has 58 valence electrons. The van der Waals surface area contributed by atoms with Crippen LogP contribution in [-0.2, 0) is 0 Å². The summed E-state index contributed by atoms with van der Waals surface area (Å²) in [6.45, 7) is 4.80. The summed E-state index contributed by atoms with van der Waals surface area (Å²) in [5.74, 6) is 0. The summed E-state index contributed by atoms with van der Waals surface area (Å²) in [4.78, 5) is 2.22. The standard InChI is InChI=1S/C8H14FN/c1-8(2-3-8)6-10-4-7(9)5-10/h7H,2-6H2,1H3. The van der Waals surface area contributed by atoms with Crippen molar-refractivity contribution in [2.75, 3.05) is 19.6 Å². The minimum Gasteiger partial charge on any atom is -0.297 e. The summed E-state index contributed by atoms with van der Waals surface area (Å²) in [7, 11) is 0. The first-order valence-corrected chi connectivity index (χ1v) is 4.04. The first-order chi connectivity index (χ1) is 4.68. The van der Waals surface area contributed by atoms with Gasteiger partial charge in [-0.25, -0.2) is 4.39 Å². The average Bonchev–Trinajstić information content (AvgIpc) is 2.45. The van der Waals surface area contributed by atoms with Gasteiger partial charge in [0.2, 0.25) is 0 Å². The van der Waals surface area contributed by atoms with Crippen LogP contribution in [0.25, 0.3) is 0 Å². The normalized spacial score (nSPS) is 31.8. The number of alkyl halides is 1. The highest BCUT2D eigenvalue weighted by atomic mass is 19.1. The van der Waals surface area contributed by atoms with E-state index in [4.69, 9.17) is 0 Å². The zero-order chi connectivity index (χ0) is 7.19. The van der Waals surface area contributed by atoms with Gasteiger partial charge in [-0.05, 0) is 18.3 Å². The fourth-order valence-electron chi connectivity index (χ4n) is 1.55. The van der Waals surface area contributed by atoms with Crippen molar-refractivity contribution in [3.8, 4) is 0 Å². The molecule has 2 rings (SSSR count). The minimum absolute atomic E-state index is 0.526. The Kier molecular flexibility index (Phi) is 1.28. The van der Waals surface area contributed by atoms with Gasteiger partial charge in [0.05, 0.1) is 0 Å². The van der Waals surface area contributed by atoms with Gasteiger partial charge in [0.15, 0.2) is 0 Å². The Balaban J connectivity index is 1.72. The lowest BCUT2D eigenvalue weighted by Crippen LogP contribution is -2.50. The molecular weight excluding hydrogens is 129 g/mol. The van der Waals surface area contributed by atoms with Crippen molar-refractivity contribution in [2.45, 2.75) is 25.9 Å². The molecular formula is C8H14FN. The molecule has 0 aromatic rings. The van der Waals surface area contributed by atoms with Crippen molar-refractivity contribution >= 4 is 0 Å². The summed E-state index contributed by atoms with van der Waals surface area (Å²) in [5.41, 5.74) is 0.570. The third-order valence-electron chi connectivity index (χ3n) is 2.62. The predicted molar refractivity (Wildman–Crippen MR) is 38.7 cm³/mol. The van der Waals surface area contributed by atoms with Gasteiger partial charge in [-0.1, -0.05) is 6.92 Å². The summed E-state index contributed by atoms with van der Waals surface area (Å²) in [6, 6.07) is 0. The minimum atomic E-state index is -0.526. The van der Waals surface area contributed by atoms with Gasteiger partial charge >= 0.3 is 0 Å². The topological polar surface area (TPSA) is 3.24 Å². The van der Waals surface area contributed by atoms with E-state index in [1.54, 1.807) is 0 Å². The lowest BCUT2D eigenvalue weighted by Gasteiger charge is -2.36.